The molecule has 29 heavy (non-hydrogen) atoms. The molecular weight excluding hydrogens is 384 g/mol. The number of carbonyl (C=O) groups excluding carboxylic acids is 3. The van der Waals surface area contributed by atoms with Crippen molar-refractivity contribution in [3.8, 4) is 0 Å². The van der Waals surface area contributed by atoms with E-state index in [-0.39, 0.29) is 30.5 Å². The normalized spacial score (nSPS) is 18.5. The van der Waals surface area contributed by atoms with Gasteiger partial charge in [-0.3, -0.25) is 9.59 Å². The number of esters is 1. The predicted molar refractivity (Wildman–Crippen MR) is 97.9 cm³/mol. The maximum atomic E-state index is 13.8. The van der Waals surface area contributed by atoms with Crippen molar-refractivity contribution in [1.29, 1.82) is 0 Å². The first-order valence-corrected chi connectivity index (χ1v) is 9.01. The van der Waals surface area contributed by atoms with E-state index >= 15 is 0 Å². The van der Waals surface area contributed by atoms with E-state index in [9.17, 15) is 28.3 Å². The van der Waals surface area contributed by atoms with Crippen molar-refractivity contribution in [1.82, 2.24) is 4.90 Å². The second kappa shape index (κ2) is 8.91. The zero-order valence-corrected chi connectivity index (χ0v) is 15.4. The van der Waals surface area contributed by atoms with Crippen molar-refractivity contribution >= 4 is 17.7 Å². The quantitative estimate of drug-likeness (QED) is 0.588. The Hall–Kier alpha value is -3.13. The lowest BCUT2D eigenvalue weighted by Gasteiger charge is -2.23. The van der Waals surface area contributed by atoms with Crippen LogP contribution in [-0.4, -0.2) is 53.0 Å². The van der Waals surface area contributed by atoms with Gasteiger partial charge in [-0.1, -0.05) is 18.2 Å². The summed E-state index contributed by atoms with van der Waals surface area (Å²) in [5.41, 5.74) is 0.357. The van der Waals surface area contributed by atoms with Crippen LogP contribution in [0.2, 0.25) is 0 Å². The maximum absolute atomic E-state index is 13.8. The number of rotatable bonds is 6. The van der Waals surface area contributed by atoms with Gasteiger partial charge < -0.3 is 14.7 Å². The van der Waals surface area contributed by atoms with E-state index in [0.717, 1.165) is 17.0 Å². The Bertz CT molecular complexity index is 916. The lowest BCUT2D eigenvalue weighted by atomic mass is 10.1. The summed E-state index contributed by atoms with van der Waals surface area (Å²) < 4.78 is 31.7. The summed E-state index contributed by atoms with van der Waals surface area (Å²) in [5, 5.41) is 9.89. The largest absolute Gasteiger partial charge is 0.456 e. The molecule has 0 aliphatic carbocycles. The van der Waals surface area contributed by atoms with Crippen LogP contribution in [-0.2, 0) is 20.7 Å². The van der Waals surface area contributed by atoms with Gasteiger partial charge in [-0.15, -0.1) is 0 Å². The Labute approximate surface area is 165 Å². The molecule has 152 valence electrons. The number of Topliss-reactive ketones (excluding diaryl/α,β-unsaturated/α-hetero) is 1. The zero-order valence-electron chi connectivity index (χ0n) is 15.4. The Morgan fingerprint density at radius 1 is 1.07 bits per heavy atom. The molecule has 0 bridgehead atoms. The Morgan fingerprint density at radius 3 is 2.45 bits per heavy atom. The number of halogens is 2. The highest BCUT2D eigenvalue weighted by molar-refractivity contribution is 5.98. The van der Waals surface area contributed by atoms with E-state index in [2.05, 4.69) is 0 Å². The summed E-state index contributed by atoms with van der Waals surface area (Å²) in [7, 11) is 0. The number of ether oxygens (including phenoxy) is 1. The molecule has 0 radical (unpaired) electrons. The summed E-state index contributed by atoms with van der Waals surface area (Å²) >= 11 is 0. The van der Waals surface area contributed by atoms with Crippen molar-refractivity contribution in [2.45, 2.75) is 25.0 Å². The molecule has 1 amide bonds. The van der Waals surface area contributed by atoms with Crippen molar-refractivity contribution in [2.24, 2.45) is 0 Å². The van der Waals surface area contributed by atoms with E-state index in [1.165, 1.54) is 30.3 Å². The van der Waals surface area contributed by atoms with Crippen LogP contribution in [0.4, 0.5) is 8.78 Å². The predicted octanol–water partition coefficient (Wildman–Crippen LogP) is 1.90. The number of hydrogen-bond acceptors (Lipinski definition) is 5. The monoisotopic (exact) mass is 403 g/mol. The third-order valence-electron chi connectivity index (χ3n) is 4.68. The van der Waals surface area contributed by atoms with Crippen LogP contribution in [0.5, 0.6) is 0 Å². The fourth-order valence-corrected chi connectivity index (χ4v) is 3.17. The first kappa shape index (κ1) is 20.6. The maximum Gasteiger partial charge on any atom is 0.329 e. The summed E-state index contributed by atoms with van der Waals surface area (Å²) in [6.45, 7) is -0.661. The molecule has 2 unspecified atom stereocenters. The SMILES string of the molecule is O=C(COC(=O)C1CC(O)CN1C(=O)Cc1ccccc1F)c1ccc(F)cc1. The molecule has 1 aliphatic heterocycles. The van der Waals surface area contributed by atoms with Gasteiger partial charge in [0, 0.05) is 18.5 Å². The Balaban J connectivity index is 1.62. The first-order chi connectivity index (χ1) is 13.8. The molecular formula is C21H19F2NO5. The molecule has 2 aromatic rings. The van der Waals surface area contributed by atoms with Crippen LogP contribution in [0.15, 0.2) is 48.5 Å². The molecule has 1 saturated heterocycles. The van der Waals surface area contributed by atoms with E-state index < -0.39 is 48.0 Å². The number of aliphatic hydroxyl groups excluding tert-OH is 1. The van der Waals surface area contributed by atoms with Crippen molar-refractivity contribution in [3.63, 3.8) is 0 Å². The van der Waals surface area contributed by atoms with Crippen molar-refractivity contribution in [2.75, 3.05) is 13.2 Å². The average Bonchev–Trinajstić information content (AvgIpc) is 3.10. The number of carbonyl (C=O) groups is 3. The Morgan fingerprint density at radius 2 is 1.76 bits per heavy atom. The minimum atomic E-state index is -1.06. The topological polar surface area (TPSA) is 83.9 Å². The van der Waals surface area contributed by atoms with Gasteiger partial charge in [0.1, 0.15) is 17.7 Å². The smallest absolute Gasteiger partial charge is 0.329 e. The molecule has 6 nitrogen and oxygen atoms in total. The van der Waals surface area contributed by atoms with Crippen LogP contribution in [0.3, 0.4) is 0 Å². The van der Waals surface area contributed by atoms with Gasteiger partial charge in [-0.25, -0.2) is 13.6 Å². The van der Waals surface area contributed by atoms with Gasteiger partial charge >= 0.3 is 5.97 Å². The highest BCUT2D eigenvalue weighted by Crippen LogP contribution is 2.21. The van der Waals surface area contributed by atoms with Crippen LogP contribution in [0.1, 0.15) is 22.3 Å². The Kier molecular flexibility index (Phi) is 6.33. The summed E-state index contributed by atoms with van der Waals surface area (Å²) in [5.74, 6) is -2.93. The van der Waals surface area contributed by atoms with E-state index in [1.807, 2.05) is 0 Å². The van der Waals surface area contributed by atoms with Crippen LogP contribution in [0.25, 0.3) is 0 Å². The fourth-order valence-electron chi connectivity index (χ4n) is 3.17. The van der Waals surface area contributed by atoms with E-state index in [0.29, 0.717) is 0 Å². The number of aliphatic hydroxyl groups is 1. The molecule has 1 N–H and O–H groups in total. The van der Waals surface area contributed by atoms with Crippen LogP contribution in [0, 0.1) is 11.6 Å². The highest BCUT2D eigenvalue weighted by atomic mass is 19.1. The molecule has 2 atom stereocenters. The molecule has 3 rings (SSSR count). The van der Waals surface area contributed by atoms with Crippen molar-refractivity contribution < 1.29 is 33.0 Å². The van der Waals surface area contributed by atoms with Crippen LogP contribution < -0.4 is 0 Å². The first-order valence-electron chi connectivity index (χ1n) is 9.01. The molecule has 8 heteroatoms. The average molecular weight is 403 g/mol. The summed E-state index contributed by atoms with van der Waals surface area (Å²) in [6.07, 6.45) is -1.23. The molecule has 0 aromatic heterocycles. The van der Waals surface area contributed by atoms with Gasteiger partial charge in [-0.2, -0.15) is 0 Å². The summed E-state index contributed by atoms with van der Waals surface area (Å²) in [4.78, 5) is 38.2. The number of benzene rings is 2. The zero-order chi connectivity index (χ0) is 21.0. The highest BCUT2D eigenvalue weighted by Gasteiger charge is 2.40. The fraction of sp³-hybridized carbons (Fsp3) is 0.286. The number of β-amino-alcohol motifs (C(OH)–C–C–N with tert-alkyl or cyclic N) is 1. The van der Waals surface area contributed by atoms with Gasteiger partial charge in [0.25, 0.3) is 0 Å². The van der Waals surface area contributed by atoms with Gasteiger partial charge in [0.15, 0.2) is 12.4 Å². The van der Waals surface area contributed by atoms with Gasteiger partial charge in [0.2, 0.25) is 5.91 Å². The number of nitrogens with zero attached hydrogens (tertiary/aromatic N) is 1. The van der Waals surface area contributed by atoms with Crippen molar-refractivity contribution in [3.05, 3.63) is 71.3 Å². The third kappa shape index (κ3) is 5.03. The lowest BCUT2D eigenvalue weighted by Crippen LogP contribution is -2.42. The molecule has 1 fully saturated rings. The number of ketones is 1. The molecule has 1 aliphatic rings. The van der Waals surface area contributed by atoms with Crippen LogP contribution >= 0.6 is 0 Å². The summed E-state index contributed by atoms with van der Waals surface area (Å²) in [6, 6.07) is 9.51. The minimum Gasteiger partial charge on any atom is -0.456 e. The lowest BCUT2D eigenvalue weighted by molar-refractivity contribution is -0.152. The second-order valence-corrected chi connectivity index (χ2v) is 6.76. The second-order valence-electron chi connectivity index (χ2n) is 6.76. The number of likely N-dealkylation sites (tertiary alicyclic amines) is 1. The van der Waals surface area contributed by atoms with E-state index in [1.54, 1.807) is 6.07 Å². The molecule has 0 saturated carbocycles. The standard InChI is InChI=1S/C21H19F2NO5/c22-15-7-5-13(6-8-15)19(26)12-29-21(28)18-10-16(25)11-24(18)20(27)9-14-3-1-2-4-17(14)23/h1-8,16,18,25H,9-12H2. The number of amides is 1. The molecule has 1 heterocycles. The minimum absolute atomic E-state index is 0.0351. The molecule has 0 spiro atoms. The van der Waals surface area contributed by atoms with Gasteiger partial charge in [-0.05, 0) is 35.9 Å². The van der Waals surface area contributed by atoms with E-state index in [4.69, 9.17) is 4.74 Å². The number of hydrogen-bond donors (Lipinski definition) is 1. The van der Waals surface area contributed by atoms with Gasteiger partial charge in [0.05, 0.1) is 12.5 Å². The molecule has 2 aromatic carbocycles. The third-order valence-corrected chi connectivity index (χ3v) is 4.68.